The lowest BCUT2D eigenvalue weighted by Crippen LogP contribution is -2.33. The van der Waals surface area contributed by atoms with Gasteiger partial charge < -0.3 is 9.73 Å². The Bertz CT molecular complexity index is 914. The van der Waals surface area contributed by atoms with Crippen LogP contribution in [0.2, 0.25) is 0 Å². The van der Waals surface area contributed by atoms with Gasteiger partial charge in [-0.1, -0.05) is 36.4 Å². The maximum absolute atomic E-state index is 12.2. The largest absolute Gasteiger partial charge is 0.469 e. The Hall–Kier alpha value is -2.54. The molecular formula is C20H24N4O2S. The van der Waals surface area contributed by atoms with Crippen LogP contribution in [0.3, 0.4) is 0 Å². The van der Waals surface area contributed by atoms with Crippen LogP contribution in [-0.4, -0.2) is 32.5 Å². The molecule has 0 radical (unpaired) electrons. The zero-order valence-corrected chi connectivity index (χ0v) is 16.8. The van der Waals surface area contributed by atoms with E-state index in [2.05, 4.69) is 15.5 Å². The first-order valence-electron chi connectivity index (χ1n) is 8.98. The standard InChI is InChI=1S/C20H24N4O2S/c1-5-14(3)21-18(25)12-27-20-23-22-19(17-10-11-26-15(17)4)24(20)16-8-6-13(2)7-9-16/h6-11,14H,5,12H2,1-4H3,(H,21,25). The zero-order chi connectivity index (χ0) is 19.4. The Kier molecular flexibility index (Phi) is 6.01. The number of amides is 1. The molecule has 1 atom stereocenters. The van der Waals surface area contributed by atoms with Crippen molar-refractivity contribution in [1.82, 2.24) is 20.1 Å². The minimum Gasteiger partial charge on any atom is -0.469 e. The molecule has 0 saturated heterocycles. The predicted molar refractivity (Wildman–Crippen MR) is 107 cm³/mol. The lowest BCUT2D eigenvalue weighted by Gasteiger charge is -2.12. The van der Waals surface area contributed by atoms with Gasteiger partial charge >= 0.3 is 0 Å². The molecule has 3 rings (SSSR count). The summed E-state index contributed by atoms with van der Waals surface area (Å²) in [7, 11) is 0. The number of hydrogen-bond acceptors (Lipinski definition) is 5. The number of hydrogen-bond donors (Lipinski definition) is 1. The third kappa shape index (κ3) is 4.42. The molecule has 27 heavy (non-hydrogen) atoms. The van der Waals surface area contributed by atoms with Crippen LogP contribution in [0.5, 0.6) is 0 Å². The predicted octanol–water partition coefficient (Wildman–Crippen LogP) is 4.15. The van der Waals surface area contributed by atoms with Crippen molar-refractivity contribution in [1.29, 1.82) is 0 Å². The highest BCUT2D eigenvalue weighted by molar-refractivity contribution is 7.99. The molecule has 0 fully saturated rings. The molecule has 0 spiro atoms. The van der Waals surface area contributed by atoms with E-state index in [9.17, 15) is 4.79 Å². The second-order valence-corrected chi connectivity index (χ2v) is 7.48. The molecule has 6 nitrogen and oxygen atoms in total. The third-order valence-corrected chi connectivity index (χ3v) is 5.31. The van der Waals surface area contributed by atoms with Crippen molar-refractivity contribution < 1.29 is 9.21 Å². The Labute approximate surface area is 163 Å². The van der Waals surface area contributed by atoms with E-state index in [1.54, 1.807) is 6.26 Å². The van der Waals surface area contributed by atoms with Crippen molar-refractivity contribution in [3.63, 3.8) is 0 Å². The van der Waals surface area contributed by atoms with E-state index >= 15 is 0 Å². The van der Waals surface area contributed by atoms with Crippen LogP contribution >= 0.6 is 11.8 Å². The van der Waals surface area contributed by atoms with Crippen LogP contribution in [0.15, 0.2) is 46.2 Å². The maximum atomic E-state index is 12.2. The number of nitrogens with zero attached hydrogens (tertiary/aromatic N) is 3. The molecule has 1 amide bonds. The fraction of sp³-hybridized carbons (Fsp3) is 0.350. The van der Waals surface area contributed by atoms with Crippen LogP contribution in [0.4, 0.5) is 0 Å². The SMILES string of the molecule is CCC(C)NC(=O)CSc1nnc(-c2ccoc2C)n1-c1ccc(C)cc1. The van der Waals surface area contributed by atoms with Crippen LogP contribution < -0.4 is 5.32 Å². The van der Waals surface area contributed by atoms with Gasteiger partial charge in [0.2, 0.25) is 5.91 Å². The molecule has 0 bridgehead atoms. The number of rotatable bonds is 7. The normalized spacial score (nSPS) is 12.1. The Morgan fingerprint density at radius 2 is 1.96 bits per heavy atom. The average molecular weight is 385 g/mol. The van der Waals surface area contributed by atoms with Crippen molar-refractivity contribution in [3.05, 3.63) is 47.9 Å². The van der Waals surface area contributed by atoms with E-state index in [0.29, 0.717) is 16.7 Å². The molecule has 1 unspecified atom stereocenters. The van der Waals surface area contributed by atoms with Gasteiger partial charge in [-0.15, -0.1) is 10.2 Å². The second-order valence-electron chi connectivity index (χ2n) is 6.53. The van der Waals surface area contributed by atoms with Crippen molar-refractivity contribution in [2.24, 2.45) is 0 Å². The van der Waals surface area contributed by atoms with Crippen LogP contribution in [-0.2, 0) is 4.79 Å². The fourth-order valence-corrected chi connectivity index (χ4v) is 3.39. The van der Waals surface area contributed by atoms with Crippen molar-refractivity contribution in [2.45, 2.75) is 45.3 Å². The zero-order valence-electron chi connectivity index (χ0n) is 16.0. The summed E-state index contributed by atoms with van der Waals surface area (Å²) in [5, 5.41) is 12.4. The number of benzene rings is 1. The van der Waals surface area contributed by atoms with E-state index in [4.69, 9.17) is 4.42 Å². The van der Waals surface area contributed by atoms with Gasteiger partial charge in [-0.05, 0) is 45.4 Å². The molecule has 1 aromatic carbocycles. The van der Waals surface area contributed by atoms with Gasteiger partial charge in [0, 0.05) is 11.7 Å². The minimum absolute atomic E-state index is 0.00570. The first-order chi connectivity index (χ1) is 13.0. The van der Waals surface area contributed by atoms with Gasteiger partial charge in [0.1, 0.15) is 5.76 Å². The maximum Gasteiger partial charge on any atom is 0.230 e. The lowest BCUT2D eigenvalue weighted by molar-refractivity contribution is -0.119. The van der Waals surface area contributed by atoms with Gasteiger partial charge in [0.05, 0.1) is 17.6 Å². The summed E-state index contributed by atoms with van der Waals surface area (Å²) in [4.78, 5) is 12.2. The summed E-state index contributed by atoms with van der Waals surface area (Å²) < 4.78 is 7.41. The van der Waals surface area contributed by atoms with Crippen molar-refractivity contribution in [2.75, 3.05) is 5.75 Å². The van der Waals surface area contributed by atoms with Gasteiger partial charge in [-0.2, -0.15) is 0 Å². The summed E-state index contributed by atoms with van der Waals surface area (Å²) in [5.74, 6) is 1.77. The molecule has 142 valence electrons. The van der Waals surface area contributed by atoms with E-state index in [1.807, 2.05) is 62.6 Å². The number of furan rings is 1. The quantitative estimate of drug-likeness (QED) is 0.620. The van der Waals surface area contributed by atoms with E-state index in [1.165, 1.54) is 17.3 Å². The molecule has 0 saturated carbocycles. The van der Waals surface area contributed by atoms with E-state index in [-0.39, 0.29) is 11.9 Å². The number of nitrogens with one attached hydrogen (secondary N) is 1. The molecule has 3 aromatic rings. The summed E-state index contributed by atoms with van der Waals surface area (Å²) >= 11 is 1.38. The number of thioether (sulfide) groups is 1. The van der Waals surface area contributed by atoms with E-state index in [0.717, 1.165) is 23.4 Å². The highest BCUT2D eigenvalue weighted by atomic mass is 32.2. The number of carbonyl (C=O) groups is 1. The average Bonchev–Trinajstić information content (AvgIpc) is 3.26. The molecule has 2 heterocycles. The smallest absolute Gasteiger partial charge is 0.230 e. The van der Waals surface area contributed by atoms with Gasteiger partial charge in [-0.3, -0.25) is 9.36 Å². The van der Waals surface area contributed by atoms with Crippen LogP contribution in [0.1, 0.15) is 31.6 Å². The summed E-state index contributed by atoms with van der Waals surface area (Å²) in [5.41, 5.74) is 3.01. The highest BCUT2D eigenvalue weighted by Crippen LogP contribution is 2.30. The Morgan fingerprint density at radius 3 is 2.59 bits per heavy atom. The van der Waals surface area contributed by atoms with Crippen LogP contribution in [0, 0.1) is 13.8 Å². The molecule has 7 heteroatoms. The number of aryl methyl sites for hydroxylation is 2. The molecular weight excluding hydrogens is 360 g/mol. The highest BCUT2D eigenvalue weighted by Gasteiger charge is 2.19. The van der Waals surface area contributed by atoms with Crippen LogP contribution in [0.25, 0.3) is 17.1 Å². The fourth-order valence-electron chi connectivity index (χ4n) is 2.63. The van der Waals surface area contributed by atoms with Gasteiger partial charge in [0.25, 0.3) is 0 Å². The third-order valence-electron chi connectivity index (χ3n) is 4.38. The van der Waals surface area contributed by atoms with Gasteiger partial charge in [0.15, 0.2) is 11.0 Å². The van der Waals surface area contributed by atoms with Crippen molar-refractivity contribution in [3.8, 4) is 17.1 Å². The minimum atomic E-state index is -0.00570. The Morgan fingerprint density at radius 1 is 1.22 bits per heavy atom. The lowest BCUT2D eigenvalue weighted by atomic mass is 10.2. The van der Waals surface area contributed by atoms with Gasteiger partial charge in [-0.25, -0.2) is 0 Å². The molecule has 0 aliphatic heterocycles. The van der Waals surface area contributed by atoms with Crippen molar-refractivity contribution >= 4 is 17.7 Å². The Balaban J connectivity index is 1.92. The van der Waals surface area contributed by atoms with E-state index < -0.39 is 0 Å². The molecule has 0 aliphatic carbocycles. The topological polar surface area (TPSA) is 73.0 Å². The molecule has 0 aliphatic rings. The molecule has 2 aromatic heterocycles. The summed E-state index contributed by atoms with van der Waals surface area (Å²) in [6.07, 6.45) is 2.55. The summed E-state index contributed by atoms with van der Waals surface area (Å²) in [6.45, 7) is 7.99. The number of aromatic nitrogens is 3. The molecule has 1 N–H and O–H groups in total. The number of carbonyl (C=O) groups excluding carboxylic acids is 1. The first kappa shape index (κ1) is 19.2. The monoisotopic (exact) mass is 384 g/mol. The first-order valence-corrected chi connectivity index (χ1v) is 9.97. The second kappa shape index (κ2) is 8.43. The summed E-state index contributed by atoms with van der Waals surface area (Å²) in [6, 6.07) is 10.2.